The second-order valence-corrected chi connectivity index (χ2v) is 4.24. The van der Waals surface area contributed by atoms with E-state index in [1.54, 1.807) is 4.68 Å². The lowest BCUT2D eigenvalue weighted by Gasteiger charge is -2.07. The van der Waals surface area contributed by atoms with E-state index < -0.39 is 0 Å². The Bertz CT molecular complexity index is 491. The van der Waals surface area contributed by atoms with E-state index in [1.165, 1.54) is 11.1 Å². The predicted molar refractivity (Wildman–Crippen MR) is 66.7 cm³/mol. The molecule has 1 aromatic heterocycles. The third kappa shape index (κ3) is 2.55. The van der Waals surface area contributed by atoms with E-state index in [9.17, 15) is 0 Å². The standard InChI is InChI=1S/C12H14ClN3/c1-9-7-11(13)4-3-10(9)8-14-12-5-6-16(2)15-12/h3-7H,8H2,1-2H3,(H,14,15). The van der Waals surface area contributed by atoms with E-state index in [4.69, 9.17) is 11.6 Å². The molecule has 0 aliphatic heterocycles. The number of aromatic nitrogens is 2. The first-order valence-corrected chi connectivity index (χ1v) is 5.51. The van der Waals surface area contributed by atoms with E-state index in [0.29, 0.717) is 0 Å². The lowest BCUT2D eigenvalue weighted by molar-refractivity contribution is 0.768. The predicted octanol–water partition coefficient (Wildman–Crippen LogP) is 2.99. The smallest absolute Gasteiger partial charge is 0.148 e. The normalized spacial score (nSPS) is 10.4. The summed E-state index contributed by atoms with van der Waals surface area (Å²) in [6.45, 7) is 2.82. The van der Waals surface area contributed by atoms with Gasteiger partial charge in [-0.05, 0) is 30.2 Å². The maximum atomic E-state index is 5.90. The quantitative estimate of drug-likeness (QED) is 0.887. The zero-order valence-electron chi connectivity index (χ0n) is 9.37. The SMILES string of the molecule is Cc1cc(Cl)ccc1CNc1ccn(C)n1. The summed E-state index contributed by atoms with van der Waals surface area (Å²) >= 11 is 5.90. The molecule has 0 amide bonds. The van der Waals surface area contributed by atoms with Gasteiger partial charge in [-0.15, -0.1) is 0 Å². The van der Waals surface area contributed by atoms with Gasteiger partial charge in [0.1, 0.15) is 5.82 Å². The van der Waals surface area contributed by atoms with Crippen molar-refractivity contribution < 1.29 is 0 Å². The van der Waals surface area contributed by atoms with Crippen molar-refractivity contribution in [3.63, 3.8) is 0 Å². The molecule has 0 radical (unpaired) electrons. The zero-order chi connectivity index (χ0) is 11.5. The fraction of sp³-hybridized carbons (Fsp3) is 0.250. The Hall–Kier alpha value is -1.48. The van der Waals surface area contributed by atoms with Crippen LogP contribution in [0, 0.1) is 6.92 Å². The summed E-state index contributed by atoms with van der Waals surface area (Å²) < 4.78 is 1.77. The molecule has 0 bridgehead atoms. The Morgan fingerprint density at radius 1 is 1.38 bits per heavy atom. The second-order valence-electron chi connectivity index (χ2n) is 3.80. The molecule has 0 aliphatic rings. The molecule has 2 rings (SSSR count). The van der Waals surface area contributed by atoms with Crippen molar-refractivity contribution in [3.05, 3.63) is 46.6 Å². The van der Waals surface area contributed by atoms with Crippen LogP contribution in [0.15, 0.2) is 30.5 Å². The maximum Gasteiger partial charge on any atom is 0.148 e. The zero-order valence-corrected chi connectivity index (χ0v) is 10.1. The van der Waals surface area contributed by atoms with Crippen molar-refractivity contribution in [2.45, 2.75) is 13.5 Å². The van der Waals surface area contributed by atoms with Crippen LogP contribution in [0.5, 0.6) is 0 Å². The summed E-state index contributed by atoms with van der Waals surface area (Å²) in [5.74, 6) is 0.886. The molecule has 1 aromatic carbocycles. The third-order valence-electron chi connectivity index (χ3n) is 2.48. The first-order chi connectivity index (χ1) is 7.65. The van der Waals surface area contributed by atoms with E-state index in [1.807, 2.05) is 37.5 Å². The number of aryl methyl sites for hydroxylation is 2. The van der Waals surface area contributed by atoms with Crippen molar-refractivity contribution >= 4 is 17.4 Å². The van der Waals surface area contributed by atoms with Crippen LogP contribution in [0.1, 0.15) is 11.1 Å². The fourth-order valence-corrected chi connectivity index (χ4v) is 1.78. The van der Waals surface area contributed by atoms with Crippen LogP contribution in [0.25, 0.3) is 0 Å². The van der Waals surface area contributed by atoms with Crippen LogP contribution in [0.3, 0.4) is 0 Å². The molecular formula is C12H14ClN3. The molecule has 16 heavy (non-hydrogen) atoms. The first-order valence-electron chi connectivity index (χ1n) is 5.14. The molecular weight excluding hydrogens is 222 g/mol. The molecule has 1 heterocycles. The molecule has 0 aliphatic carbocycles. The average Bonchev–Trinajstić information content (AvgIpc) is 2.63. The second kappa shape index (κ2) is 4.58. The van der Waals surface area contributed by atoms with Crippen LogP contribution in [-0.2, 0) is 13.6 Å². The van der Waals surface area contributed by atoms with Gasteiger partial charge in [0.25, 0.3) is 0 Å². The molecule has 0 saturated carbocycles. The first kappa shape index (κ1) is 11.0. The Balaban J connectivity index is 2.04. The lowest BCUT2D eigenvalue weighted by Crippen LogP contribution is -2.02. The largest absolute Gasteiger partial charge is 0.365 e. The van der Waals surface area contributed by atoms with E-state index in [-0.39, 0.29) is 0 Å². The van der Waals surface area contributed by atoms with E-state index in [0.717, 1.165) is 17.4 Å². The monoisotopic (exact) mass is 235 g/mol. The summed E-state index contributed by atoms with van der Waals surface area (Å²) in [5, 5.41) is 8.30. The van der Waals surface area contributed by atoms with Gasteiger partial charge in [0.15, 0.2) is 0 Å². The molecule has 0 atom stereocenters. The van der Waals surface area contributed by atoms with E-state index >= 15 is 0 Å². The minimum Gasteiger partial charge on any atom is -0.365 e. The molecule has 3 nitrogen and oxygen atoms in total. The highest BCUT2D eigenvalue weighted by Gasteiger charge is 2.00. The van der Waals surface area contributed by atoms with Crippen LogP contribution >= 0.6 is 11.6 Å². The number of halogens is 1. The van der Waals surface area contributed by atoms with Crippen molar-refractivity contribution in [1.82, 2.24) is 9.78 Å². The van der Waals surface area contributed by atoms with Gasteiger partial charge >= 0.3 is 0 Å². The molecule has 84 valence electrons. The van der Waals surface area contributed by atoms with Gasteiger partial charge in [-0.3, -0.25) is 4.68 Å². The van der Waals surface area contributed by atoms with Crippen LogP contribution < -0.4 is 5.32 Å². The van der Waals surface area contributed by atoms with Gasteiger partial charge < -0.3 is 5.32 Å². The molecule has 0 unspecified atom stereocenters. The fourth-order valence-electron chi connectivity index (χ4n) is 1.55. The Labute approximate surface area is 100 Å². The number of nitrogens with zero attached hydrogens (tertiary/aromatic N) is 2. The highest BCUT2D eigenvalue weighted by atomic mass is 35.5. The third-order valence-corrected chi connectivity index (χ3v) is 2.71. The number of hydrogen-bond donors (Lipinski definition) is 1. The summed E-state index contributed by atoms with van der Waals surface area (Å²) in [6, 6.07) is 7.86. The average molecular weight is 236 g/mol. The topological polar surface area (TPSA) is 29.9 Å². The highest BCUT2D eigenvalue weighted by Crippen LogP contribution is 2.16. The van der Waals surface area contributed by atoms with Crippen molar-refractivity contribution in [2.75, 3.05) is 5.32 Å². The molecule has 4 heteroatoms. The van der Waals surface area contributed by atoms with Crippen LogP contribution in [0.4, 0.5) is 5.82 Å². The van der Waals surface area contributed by atoms with Gasteiger partial charge in [-0.1, -0.05) is 17.7 Å². The summed E-state index contributed by atoms with van der Waals surface area (Å²) in [7, 11) is 1.90. The maximum absolute atomic E-state index is 5.90. The molecule has 0 spiro atoms. The summed E-state index contributed by atoms with van der Waals surface area (Å²) in [4.78, 5) is 0. The van der Waals surface area contributed by atoms with Gasteiger partial charge in [-0.2, -0.15) is 5.10 Å². The highest BCUT2D eigenvalue weighted by molar-refractivity contribution is 6.30. The van der Waals surface area contributed by atoms with Gasteiger partial charge in [0.2, 0.25) is 0 Å². The summed E-state index contributed by atoms with van der Waals surface area (Å²) in [6.07, 6.45) is 1.91. The number of nitrogens with one attached hydrogen (secondary N) is 1. The van der Waals surface area contributed by atoms with Gasteiger partial charge in [-0.25, -0.2) is 0 Å². The summed E-state index contributed by atoms with van der Waals surface area (Å²) in [5.41, 5.74) is 2.42. The van der Waals surface area contributed by atoms with Crippen molar-refractivity contribution in [1.29, 1.82) is 0 Å². The number of rotatable bonds is 3. The van der Waals surface area contributed by atoms with Crippen molar-refractivity contribution in [3.8, 4) is 0 Å². The lowest BCUT2D eigenvalue weighted by atomic mass is 10.1. The van der Waals surface area contributed by atoms with Crippen LogP contribution in [0.2, 0.25) is 5.02 Å². The molecule has 0 saturated heterocycles. The molecule has 0 fully saturated rings. The Kier molecular flexibility index (Phi) is 3.15. The minimum atomic E-state index is 0.764. The number of hydrogen-bond acceptors (Lipinski definition) is 2. The Morgan fingerprint density at radius 2 is 2.19 bits per heavy atom. The molecule has 2 aromatic rings. The van der Waals surface area contributed by atoms with E-state index in [2.05, 4.69) is 17.3 Å². The van der Waals surface area contributed by atoms with Crippen molar-refractivity contribution in [2.24, 2.45) is 7.05 Å². The van der Waals surface area contributed by atoms with Gasteiger partial charge in [0.05, 0.1) is 0 Å². The minimum absolute atomic E-state index is 0.764. The number of benzene rings is 1. The van der Waals surface area contributed by atoms with Gasteiger partial charge in [0, 0.05) is 30.9 Å². The van der Waals surface area contributed by atoms with Crippen LogP contribution in [-0.4, -0.2) is 9.78 Å². The number of anilines is 1. The Morgan fingerprint density at radius 3 is 2.81 bits per heavy atom. The molecule has 1 N–H and O–H groups in total.